The summed E-state index contributed by atoms with van der Waals surface area (Å²) in [5, 5.41) is 2.84. The maximum atomic E-state index is 12.2. The average molecular weight is 320 g/mol. The van der Waals surface area contributed by atoms with Gasteiger partial charge < -0.3 is 10.1 Å². The highest BCUT2D eigenvalue weighted by molar-refractivity contribution is 9.10. The van der Waals surface area contributed by atoms with Crippen molar-refractivity contribution < 1.29 is 9.53 Å². The van der Waals surface area contributed by atoms with Crippen LogP contribution in [0.25, 0.3) is 0 Å². The number of carbonyl (C=O) groups excluding carboxylic acids is 1. The maximum absolute atomic E-state index is 12.2. The number of aryl methyl sites for hydroxylation is 1. The first-order valence-corrected chi connectivity index (χ1v) is 6.61. The van der Waals surface area contributed by atoms with Crippen LogP contribution in [-0.4, -0.2) is 13.0 Å². The third kappa shape index (κ3) is 3.35. The first kappa shape index (κ1) is 13.6. The molecule has 4 heteroatoms. The third-order valence-corrected chi connectivity index (χ3v) is 3.35. The van der Waals surface area contributed by atoms with Gasteiger partial charge in [-0.3, -0.25) is 4.79 Å². The molecule has 3 nitrogen and oxygen atoms in total. The molecule has 0 bridgehead atoms. The molecule has 0 unspecified atom stereocenters. The maximum Gasteiger partial charge on any atom is 0.256 e. The van der Waals surface area contributed by atoms with Gasteiger partial charge >= 0.3 is 0 Å². The Morgan fingerprint density at radius 1 is 1.21 bits per heavy atom. The summed E-state index contributed by atoms with van der Waals surface area (Å²) < 4.78 is 5.91. The number of methoxy groups -OCH3 is 1. The molecule has 0 heterocycles. The summed E-state index contributed by atoms with van der Waals surface area (Å²) >= 11 is 3.40. The van der Waals surface area contributed by atoms with Gasteiger partial charge in [0, 0.05) is 16.2 Å². The Hall–Kier alpha value is -1.81. The minimum atomic E-state index is -0.153. The van der Waals surface area contributed by atoms with E-state index in [1.54, 1.807) is 19.2 Å². The van der Waals surface area contributed by atoms with Crippen LogP contribution < -0.4 is 10.1 Å². The minimum absolute atomic E-state index is 0.153. The normalized spacial score (nSPS) is 10.1. The van der Waals surface area contributed by atoms with Crippen molar-refractivity contribution in [1.29, 1.82) is 0 Å². The molecule has 0 atom stereocenters. The third-order valence-electron chi connectivity index (χ3n) is 2.70. The summed E-state index contributed by atoms with van der Waals surface area (Å²) in [6.45, 7) is 1.98. The summed E-state index contributed by atoms with van der Waals surface area (Å²) in [6, 6.07) is 12.9. The summed E-state index contributed by atoms with van der Waals surface area (Å²) in [7, 11) is 1.59. The largest absolute Gasteiger partial charge is 0.497 e. The molecule has 0 aliphatic carbocycles. The minimum Gasteiger partial charge on any atom is -0.497 e. The first-order valence-electron chi connectivity index (χ1n) is 5.81. The van der Waals surface area contributed by atoms with Crippen LogP contribution in [-0.2, 0) is 0 Å². The van der Waals surface area contributed by atoms with Crippen molar-refractivity contribution in [2.75, 3.05) is 12.4 Å². The summed E-state index contributed by atoms with van der Waals surface area (Å²) in [4.78, 5) is 12.2. The lowest BCUT2D eigenvalue weighted by Gasteiger charge is -2.08. The van der Waals surface area contributed by atoms with Crippen LogP contribution >= 0.6 is 15.9 Å². The van der Waals surface area contributed by atoms with Crippen molar-refractivity contribution in [2.45, 2.75) is 6.92 Å². The molecule has 2 aromatic carbocycles. The molecular formula is C15H14BrNO2. The van der Waals surface area contributed by atoms with E-state index < -0.39 is 0 Å². The van der Waals surface area contributed by atoms with Gasteiger partial charge in [0.15, 0.2) is 0 Å². The van der Waals surface area contributed by atoms with Gasteiger partial charge in [-0.25, -0.2) is 0 Å². The number of nitrogens with one attached hydrogen (secondary N) is 1. The van der Waals surface area contributed by atoms with E-state index >= 15 is 0 Å². The molecule has 0 aromatic heterocycles. The fourth-order valence-electron chi connectivity index (χ4n) is 1.70. The standard InChI is InChI=1S/C15H14BrNO2/c1-10-6-7-13(14(16)8-10)15(18)17-11-4-3-5-12(9-11)19-2/h3-9H,1-2H3,(H,17,18). The van der Waals surface area contributed by atoms with Crippen molar-refractivity contribution in [3.8, 4) is 5.75 Å². The zero-order valence-corrected chi connectivity index (χ0v) is 12.3. The van der Waals surface area contributed by atoms with E-state index in [4.69, 9.17) is 4.74 Å². The Morgan fingerprint density at radius 3 is 2.68 bits per heavy atom. The molecular weight excluding hydrogens is 306 g/mol. The van der Waals surface area contributed by atoms with E-state index in [1.165, 1.54) is 0 Å². The second-order valence-electron chi connectivity index (χ2n) is 4.17. The predicted molar refractivity (Wildman–Crippen MR) is 79.8 cm³/mol. The van der Waals surface area contributed by atoms with E-state index in [-0.39, 0.29) is 5.91 Å². The molecule has 0 radical (unpaired) electrons. The number of rotatable bonds is 3. The lowest BCUT2D eigenvalue weighted by atomic mass is 10.1. The molecule has 1 amide bonds. The number of ether oxygens (including phenoxy) is 1. The Kier molecular flexibility index (Phi) is 4.22. The van der Waals surface area contributed by atoms with E-state index in [2.05, 4.69) is 21.2 Å². The number of hydrogen-bond donors (Lipinski definition) is 1. The Balaban J connectivity index is 2.20. The zero-order valence-electron chi connectivity index (χ0n) is 10.7. The number of hydrogen-bond acceptors (Lipinski definition) is 2. The average Bonchev–Trinajstić information content (AvgIpc) is 2.38. The predicted octanol–water partition coefficient (Wildman–Crippen LogP) is 4.02. The van der Waals surface area contributed by atoms with Crippen LogP contribution in [0.3, 0.4) is 0 Å². The highest BCUT2D eigenvalue weighted by Crippen LogP contribution is 2.21. The van der Waals surface area contributed by atoms with Crippen LogP contribution in [0.2, 0.25) is 0 Å². The molecule has 2 rings (SSSR count). The first-order chi connectivity index (χ1) is 9.10. The van der Waals surface area contributed by atoms with Gasteiger partial charge in [0.2, 0.25) is 0 Å². The van der Waals surface area contributed by atoms with Crippen LogP contribution in [0.4, 0.5) is 5.69 Å². The van der Waals surface area contributed by atoms with Crippen LogP contribution in [0.1, 0.15) is 15.9 Å². The fourth-order valence-corrected chi connectivity index (χ4v) is 2.38. The van der Waals surface area contributed by atoms with Gasteiger partial charge in [-0.15, -0.1) is 0 Å². The topological polar surface area (TPSA) is 38.3 Å². The second-order valence-corrected chi connectivity index (χ2v) is 5.02. The van der Waals surface area contributed by atoms with E-state index in [0.29, 0.717) is 17.0 Å². The Morgan fingerprint density at radius 2 is 2.00 bits per heavy atom. The van der Waals surface area contributed by atoms with Crippen molar-refractivity contribution >= 4 is 27.5 Å². The molecule has 0 fully saturated rings. The van der Waals surface area contributed by atoms with Crippen molar-refractivity contribution in [2.24, 2.45) is 0 Å². The molecule has 1 N–H and O–H groups in total. The molecule has 19 heavy (non-hydrogen) atoms. The van der Waals surface area contributed by atoms with Crippen molar-refractivity contribution in [1.82, 2.24) is 0 Å². The summed E-state index contributed by atoms with van der Waals surface area (Å²) in [6.07, 6.45) is 0. The molecule has 98 valence electrons. The van der Waals surface area contributed by atoms with Crippen LogP contribution in [0.15, 0.2) is 46.9 Å². The molecule has 0 aliphatic rings. The number of anilines is 1. The van der Waals surface area contributed by atoms with E-state index in [9.17, 15) is 4.79 Å². The smallest absolute Gasteiger partial charge is 0.256 e. The van der Waals surface area contributed by atoms with Gasteiger partial charge in [-0.2, -0.15) is 0 Å². The van der Waals surface area contributed by atoms with Gasteiger partial charge in [0.25, 0.3) is 5.91 Å². The van der Waals surface area contributed by atoms with E-state index in [0.717, 1.165) is 10.0 Å². The Labute approximate surface area is 120 Å². The van der Waals surface area contributed by atoms with Crippen molar-refractivity contribution in [3.63, 3.8) is 0 Å². The van der Waals surface area contributed by atoms with Crippen molar-refractivity contribution in [3.05, 3.63) is 58.1 Å². The van der Waals surface area contributed by atoms with Crippen LogP contribution in [0, 0.1) is 6.92 Å². The van der Waals surface area contributed by atoms with Gasteiger partial charge in [-0.1, -0.05) is 12.1 Å². The second kappa shape index (κ2) is 5.89. The van der Waals surface area contributed by atoms with Crippen LogP contribution in [0.5, 0.6) is 5.75 Å². The monoisotopic (exact) mass is 319 g/mol. The van der Waals surface area contributed by atoms with Gasteiger partial charge in [-0.05, 0) is 52.7 Å². The lowest BCUT2D eigenvalue weighted by molar-refractivity contribution is 0.102. The number of halogens is 1. The number of carbonyl (C=O) groups is 1. The molecule has 2 aromatic rings. The highest BCUT2D eigenvalue weighted by Gasteiger charge is 2.10. The van der Waals surface area contributed by atoms with Gasteiger partial charge in [0.05, 0.1) is 12.7 Å². The fraction of sp³-hybridized carbons (Fsp3) is 0.133. The van der Waals surface area contributed by atoms with Gasteiger partial charge in [0.1, 0.15) is 5.75 Å². The Bertz CT molecular complexity index is 611. The summed E-state index contributed by atoms with van der Waals surface area (Å²) in [5.41, 5.74) is 2.41. The van der Waals surface area contributed by atoms with E-state index in [1.807, 2.05) is 37.3 Å². The zero-order chi connectivity index (χ0) is 13.8. The molecule has 0 saturated heterocycles. The lowest BCUT2D eigenvalue weighted by Crippen LogP contribution is -2.12. The highest BCUT2D eigenvalue weighted by atomic mass is 79.9. The number of amides is 1. The number of benzene rings is 2. The summed E-state index contributed by atoms with van der Waals surface area (Å²) in [5.74, 6) is 0.556. The SMILES string of the molecule is COc1cccc(NC(=O)c2ccc(C)cc2Br)c1. The quantitative estimate of drug-likeness (QED) is 0.928. The molecule has 0 spiro atoms. The molecule has 0 aliphatic heterocycles. The molecule has 0 saturated carbocycles.